The number of benzene rings is 2. The summed E-state index contributed by atoms with van der Waals surface area (Å²) in [6.07, 6.45) is 2.30. The second kappa shape index (κ2) is 8.96. The number of nitrogens with zero attached hydrogens (tertiary/aromatic N) is 1. The van der Waals surface area contributed by atoms with Gasteiger partial charge in [0, 0.05) is 25.3 Å². The van der Waals surface area contributed by atoms with Crippen LogP contribution in [0.4, 0.5) is 0 Å². The molecule has 1 unspecified atom stereocenters. The van der Waals surface area contributed by atoms with Crippen molar-refractivity contribution in [3.63, 3.8) is 0 Å². The monoisotopic (exact) mass is 439 g/mol. The molecule has 0 bridgehead atoms. The standard InChI is InChI=1S/C24H22ClNO5/c1-3-12-30-17-8-5-15(6-9-17)21-20-22(27)18-14-16(25)7-10-19(18)31-23(20)24(28)26(21)11-4-13-29-2/h3,5-10,14,21H,1,4,11-13H2,2H3. The number of amides is 1. The van der Waals surface area contributed by atoms with Crippen molar-refractivity contribution in [2.24, 2.45) is 0 Å². The first-order valence-corrected chi connectivity index (χ1v) is 10.3. The molecule has 7 heteroatoms. The van der Waals surface area contributed by atoms with Crippen molar-refractivity contribution >= 4 is 28.5 Å². The number of methoxy groups -OCH3 is 1. The molecular weight excluding hydrogens is 418 g/mol. The molecule has 3 aromatic rings. The van der Waals surface area contributed by atoms with E-state index in [2.05, 4.69) is 6.58 Å². The van der Waals surface area contributed by atoms with Gasteiger partial charge in [-0.05, 0) is 42.3 Å². The van der Waals surface area contributed by atoms with E-state index in [4.69, 9.17) is 25.5 Å². The molecule has 0 aliphatic carbocycles. The van der Waals surface area contributed by atoms with Gasteiger partial charge in [-0.2, -0.15) is 0 Å². The maximum atomic E-state index is 13.4. The van der Waals surface area contributed by atoms with Gasteiger partial charge in [0.2, 0.25) is 5.76 Å². The SMILES string of the molecule is C=CCOc1ccc(C2c3c(oc4ccc(Cl)cc4c3=O)C(=O)N2CCCOC)cc1. The molecule has 1 aliphatic rings. The van der Waals surface area contributed by atoms with Gasteiger partial charge >= 0.3 is 0 Å². The zero-order valence-electron chi connectivity index (χ0n) is 17.1. The summed E-state index contributed by atoms with van der Waals surface area (Å²) in [6, 6.07) is 11.6. The van der Waals surface area contributed by atoms with Crippen molar-refractivity contribution < 1.29 is 18.7 Å². The predicted octanol–water partition coefficient (Wildman–Crippen LogP) is 4.59. The van der Waals surface area contributed by atoms with Gasteiger partial charge in [-0.1, -0.05) is 36.4 Å². The van der Waals surface area contributed by atoms with Crippen molar-refractivity contribution in [1.82, 2.24) is 4.90 Å². The molecule has 31 heavy (non-hydrogen) atoms. The van der Waals surface area contributed by atoms with Gasteiger partial charge in [0.05, 0.1) is 17.0 Å². The Morgan fingerprint density at radius 2 is 1.97 bits per heavy atom. The minimum Gasteiger partial charge on any atom is -0.490 e. The molecule has 0 spiro atoms. The highest BCUT2D eigenvalue weighted by atomic mass is 35.5. The third kappa shape index (κ3) is 3.96. The highest BCUT2D eigenvalue weighted by Crippen LogP contribution is 2.38. The number of fused-ring (bicyclic) bond motifs is 2. The Bertz CT molecular complexity index is 1190. The molecule has 2 aromatic carbocycles. The van der Waals surface area contributed by atoms with Crippen LogP contribution >= 0.6 is 11.6 Å². The Morgan fingerprint density at radius 3 is 2.68 bits per heavy atom. The normalized spacial score (nSPS) is 15.4. The molecule has 4 rings (SSSR count). The number of carbonyl (C=O) groups excluding carboxylic acids is 1. The van der Waals surface area contributed by atoms with E-state index >= 15 is 0 Å². The number of hydrogen-bond acceptors (Lipinski definition) is 5. The average Bonchev–Trinajstić information content (AvgIpc) is 3.05. The summed E-state index contributed by atoms with van der Waals surface area (Å²) in [5, 5.41) is 0.787. The first-order valence-electron chi connectivity index (χ1n) is 9.95. The zero-order chi connectivity index (χ0) is 22.0. The first kappa shape index (κ1) is 21.2. The summed E-state index contributed by atoms with van der Waals surface area (Å²) in [4.78, 5) is 28.3. The van der Waals surface area contributed by atoms with Gasteiger partial charge in [0.1, 0.15) is 17.9 Å². The number of hydrogen-bond donors (Lipinski definition) is 0. The smallest absolute Gasteiger partial charge is 0.290 e. The molecule has 0 radical (unpaired) electrons. The lowest BCUT2D eigenvalue weighted by atomic mass is 9.98. The maximum absolute atomic E-state index is 13.4. The first-order chi connectivity index (χ1) is 15.0. The highest BCUT2D eigenvalue weighted by molar-refractivity contribution is 6.31. The minimum atomic E-state index is -0.563. The summed E-state index contributed by atoms with van der Waals surface area (Å²) < 4.78 is 16.6. The van der Waals surface area contributed by atoms with Crippen LogP contribution in [0, 0.1) is 0 Å². The third-order valence-corrected chi connectivity index (χ3v) is 5.47. The summed E-state index contributed by atoms with van der Waals surface area (Å²) in [7, 11) is 1.61. The van der Waals surface area contributed by atoms with Crippen LogP contribution in [0.1, 0.15) is 34.1 Å². The summed E-state index contributed by atoms with van der Waals surface area (Å²) in [5.74, 6) is 0.447. The van der Waals surface area contributed by atoms with Crippen LogP contribution < -0.4 is 10.2 Å². The van der Waals surface area contributed by atoms with Crippen molar-refractivity contribution in [3.8, 4) is 5.75 Å². The van der Waals surface area contributed by atoms with Gasteiger partial charge in [0.15, 0.2) is 5.43 Å². The lowest BCUT2D eigenvalue weighted by Gasteiger charge is -2.25. The van der Waals surface area contributed by atoms with Crippen molar-refractivity contribution in [2.45, 2.75) is 12.5 Å². The summed E-state index contributed by atoms with van der Waals surface area (Å²) in [5.41, 5.74) is 1.21. The molecule has 0 N–H and O–H groups in total. The van der Waals surface area contributed by atoms with E-state index in [9.17, 15) is 9.59 Å². The Labute approximate surface area is 184 Å². The van der Waals surface area contributed by atoms with Crippen LogP contribution in [0.2, 0.25) is 5.02 Å². The highest BCUT2D eigenvalue weighted by Gasteiger charge is 2.42. The Morgan fingerprint density at radius 1 is 1.19 bits per heavy atom. The summed E-state index contributed by atoms with van der Waals surface area (Å²) >= 11 is 6.10. The van der Waals surface area contributed by atoms with Crippen LogP contribution in [0.25, 0.3) is 11.0 Å². The molecule has 0 saturated heterocycles. The van der Waals surface area contributed by atoms with Crippen LogP contribution in [-0.4, -0.2) is 37.7 Å². The van der Waals surface area contributed by atoms with E-state index in [0.29, 0.717) is 53.5 Å². The quantitative estimate of drug-likeness (QED) is 0.379. The van der Waals surface area contributed by atoms with Gasteiger partial charge in [-0.3, -0.25) is 9.59 Å². The van der Waals surface area contributed by atoms with Crippen molar-refractivity contribution in [1.29, 1.82) is 0 Å². The molecule has 0 saturated carbocycles. The number of carbonyl (C=O) groups is 1. The van der Waals surface area contributed by atoms with Crippen molar-refractivity contribution in [2.75, 3.05) is 26.9 Å². The second-order valence-electron chi connectivity index (χ2n) is 7.23. The van der Waals surface area contributed by atoms with Crippen LogP contribution in [-0.2, 0) is 4.74 Å². The van der Waals surface area contributed by atoms with E-state index < -0.39 is 6.04 Å². The van der Waals surface area contributed by atoms with E-state index in [1.54, 1.807) is 36.3 Å². The number of rotatable bonds is 8. The minimum absolute atomic E-state index is 0.0780. The molecule has 160 valence electrons. The Hall–Kier alpha value is -3.09. The van der Waals surface area contributed by atoms with E-state index in [1.807, 2.05) is 24.3 Å². The zero-order valence-corrected chi connectivity index (χ0v) is 17.9. The van der Waals surface area contributed by atoms with Gasteiger partial charge in [-0.15, -0.1) is 0 Å². The van der Waals surface area contributed by atoms with Crippen LogP contribution in [0.5, 0.6) is 5.75 Å². The Balaban J connectivity index is 1.83. The molecule has 1 aliphatic heterocycles. The Kier molecular flexibility index (Phi) is 6.11. The molecule has 0 fully saturated rings. The summed E-state index contributed by atoms with van der Waals surface area (Å²) in [6.45, 7) is 4.96. The van der Waals surface area contributed by atoms with Crippen molar-refractivity contribution in [3.05, 3.63) is 87.3 Å². The topological polar surface area (TPSA) is 69.0 Å². The fourth-order valence-electron chi connectivity index (χ4n) is 3.85. The third-order valence-electron chi connectivity index (χ3n) is 5.24. The van der Waals surface area contributed by atoms with E-state index in [-0.39, 0.29) is 17.1 Å². The lowest BCUT2D eigenvalue weighted by molar-refractivity contribution is 0.0708. The molecule has 1 aromatic heterocycles. The van der Waals surface area contributed by atoms with E-state index in [0.717, 1.165) is 5.56 Å². The molecule has 6 nitrogen and oxygen atoms in total. The lowest BCUT2D eigenvalue weighted by Crippen LogP contribution is -2.31. The van der Waals surface area contributed by atoms with E-state index in [1.165, 1.54) is 0 Å². The largest absolute Gasteiger partial charge is 0.490 e. The van der Waals surface area contributed by atoms with Gasteiger partial charge < -0.3 is 18.8 Å². The molecule has 1 atom stereocenters. The second-order valence-corrected chi connectivity index (χ2v) is 7.67. The molecular formula is C24H22ClNO5. The number of ether oxygens (including phenoxy) is 2. The predicted molar refractivity (Wildman–Crippen MR) is 119 cm³/mol. The fourth-order valence-corrected chi connectivity index (χ4v) is 4.02. The van der Waals surface area contributed by atoms with Gasteiger partial charge in [0.25, 0.3) is 5.91 Å². The fraction of sp³-hybridized carbons (Fsp3) is 0.250. The van der Waals surface area contributed by atoms with Crippen LogP contribution in [0.3, 0.4) is 0 Å². The number of halogens is 1. The maximum Gasteiger partial charge on any atom is 0.290 e. The average molecular weight is 440 g/mol. The molecule has 2 heterocycles. The van der Waals surface area contributed by atoms with Gasteiger partial charge in [-0.25, -0.2) is 0 Å². The van der Waals surface area contributed by atoms with Crippen LogP contribution in [0.15, 0.2) is 64.3 Å². The molecule has 1 amide bonds.